The van der Waals surface area contributed by atoms with Crippen LogP contribution in [0.5, 0.6) is 0 Å². The van der Waals surface area contributed by atoms with Gasteiger partial charge in [0, 0.05) is 0 Å². The van der Waals surface area contributed by atoms with E-state index in [0.717, 1.165) is 8.19 Å². The third-order valence-corrected chi connectivity index (χ3v) is 3.09. The van der Waals surface area contributed by atoms with Gasteiger partial charge in [0.05, 0.1) is 0 Å². The maximum absolute atomic E-state index is 3.21. The molecule has 1 atom stereocenters. The van der Waals surface area contributed by atoms with Gasteiger partial charge in [-0.25, -0.2) is 31.5 Å². The summed E-state index contributed by atoms with van der Waals surface area (Å²) in [7, 11) is 0.906. The summed E-state index contributed by atoms with van der Waals surface area (Å²) >= 11 is 0. The maximum atomic E-state index is 3.21. The fourth-order valence-corrected chi connectivity index (χ4v) is 2.08. The van der Waals surface area contributed by atoms with Crippen molar-refractivity contribution in [3.8, 4) is 0 Å². The number of rotatable bonds is 0. The average molecular weight is 323 g/mol. The molecule has 0 spiro atoms. The molecule has 0 fully saturated rings. The third kappa shape index (κ3) is 10.1. The molecule has 1 aromatic carbocycles. The van der Waals surface area contributed by atoms with Crippen LogP contribution >= 0.6 is 8.19 Å². The first-order chi connectivity index (χ1) is 6.58. The minimum atomic E-state index is 0. The van der Waals surface area contributed by atoms with Crippen molar-refractivity contribution in [1.29, 1.82) is 0 Å². The zero-order valence-electron chi connectivity index (χ0n) is 10.6. The van der Waals surface area contributed by atoms with Gasteiger partial charge in [0.1, 0.15) is 0 Å². The predicted molar refractivity (Wildman–Crippen MR) is 65.8 cm³/mol. The SMILES string of the molecule is Cc1[c-]c(C)[pH]c1.Cc1c[cH-]c(C)c1.[Cl-].[Cl-].[Ti+4]. The summed E-state index contributed by atoms with van der Waals surface area (Å²) in [5.74, 6) is 2.22. The van der Waals surface area contributed by atoms with Crippen LogP contribution in [0.25, 0.3) is 0 Å². The summed E-state index contributed by atoms with van der Waals surface area (Å²) in [6.45, 7) is 8.41. The van der Waals surface area contributed by atoms with Gasteiger partial charge in [-0.2, -0.15) is 23.5 Å². The van der Waals surface area contributed by atoms with E-state index in [1.807, 2.05) is 0 Å². The average Bonchev–Trinajstić information content (AvgIpc) is 2.63. The van der Waals surface area contributed by atoms with Gasteiger partial charge in [-0.1, -0.05) is 27.7 Å². The first-order valence-electron chi connectivity index (χ1n) is 4.82. The number of aryl methyl sites for hydroxylation is 4. The summed E-state index contributed by atoms with van der Waals surface area (Å²) in [5, 5.41) is 1.39. The Balaban J connectivity index is -0.000000196. The predicted octanol–water partition coefficient (Wildman–Crippen LogP) is -1.84. The van der Waals surface area contributed by atoms with Gasteiger partial charge in [0.25, 0.3) is 0 Å². The van der Waals surface area contributed by atoms with E-state index in [2.05, 4.69) is 57.8 Å². The first kappa shape index (κ1) is 22.6. The molecule has 0 radical (unpaired) electrons. The molecular formula is C13H17Cl2PTi. The monoisotopic (exact) mass is 322 g/mol. The summed E-state index contributed by atoms with van der Waals surface area (Å²) in [5.41, 5.74) is 4.02. The minimum absolute atomic E-state index is 0. The first-order valence-corrected chi connectivity index (χ1v) is 5.89. The molecule has 1 aromatic heterocycles. The van der Waals surface area contributed by atoms with Gasteiger partial charge in [0.15, 0.2) is 0 Å². The second kappa shape index (κ2) is 11.5. The van der Waals surface area contributed by atoms with Crippen molar-refractivity contribution in [2.24, 2.45) is 0 Å². The van der Waals surface area contributed by atoms with E-state index in [1.54, 1.807) is 0 Å². The Morgan fingerprint density at radius 1 is 1.12 bits per heavy atom. The molecule has 1 heterocycles. The Bertz CT molecular complexity index is 322. The molecule has 0 aliphatic rings. The standard InChI is InChI=1S/C7H9.C6H8P.2ClH.Ti/c1-6-3-4-7(2)5-6;1-5-3-6(2)7-4-5;;;/h3-5H,1-2H3;4,7H,1-2H3;2*1H;/q2*-1;;;+4/p-2. The molecule has 1 unspecified atom stereocenters. The third-order valence-electron chi connectivity index (χ3n) is 1.95. The van der Waals surface area contributed by atoms with Crippen molar-refractivity contribution in [3.63, 3.8) is 0 Å². The Hall–Kier alpha value is 0.424. The molecule has 17 heavy (non-hydrogen) atoms. The summed E-state index contributed by atoms with van der Waals surface area (Å²) < 4.78 is 0. The van der Waals surface area contributed by atoms with Crippen LogP contribution in [0.3, 0.4) is 0 Å². The molecule has 0 aliphatic carbocycles. The van der Waals surface area contributed by atoms with Crippen molar-refractivity contribution in [3.05, 3.63) is 52.0 Å². The van der Waals surface area contributed by atoms with Crippen LogP contribution in [-0.4, -0.2) is 0 Å². The zero-order valence-corrected chi connectivity index (χ0v) is 14.6. The number of halogens is 2. The van der Waals surface area contributed by atoms with E-state index in [4.69, 9.17) is 0 Å². The molecule has 0 saturated carbocycles. The summed E-state index contributed by atoms with van der Waals surface area (Å²) in [4.78, 5) is 0. The van der Waals surface area contributed by atoms with Crippen LogP contribution < -0.4 is 24.8 Å². The van der Waals surface area contributed by atoms with Crippen LogP contribution in [0, 0.1) is 33.8 Å². The smallest absolute Gasteiger partial charge is 1.00 e. The molecule has 92 valence electrons. The van der Waals surface area contributed by atoms with E-state index in [-0.39, 0.29) is 46.5 Å². The minimum Gasteiger partial charge on any atom is -1.00 e. The molecule has 0 nitrogen and oxygen atoms in total. The molecule has 2 rings (SSSR count). The topological polar surface area (TPSA) is 0 Å². The molecule has 0 bridgehead atoms. The van der Waals surface area contributed by atoms with Crippen molar-refractivity contribution in [2.45, 2.75) is 27.7 Å². The Labute approximate surface area is 134 Å². The fourth-order valence-electron chi connectivity index (χ4n) is 1.30. The molecular weight excluding hydrogens is 306 g/mol. The van der Waals surface area contributed by atoms with Gasteiger partial charge in [0.2, 0.25) is 0 Å². The number of hydrogen-bond acceptors (Lipinski definition) is 0. The van der Waals surface area contributed by atoms with Crippen molar-refractivity contribution < 1.29 is 46.5 Å². The molecule has 4 heteroatoms. The molecule has 0 aliphatic heterocycles. The van der Waals surface area contributed by atoms with E-state index >= 15 is 0 Å². The fraction of sp³-hybridized carbons (Fsp3) is 0.308. The van der Waals surface area contributed by atoms with Crippen LogP contribution in [0.1, 0.15) is 22.0 Å². The van der Waals surface area contributed by atoms with Gasteiger partial charge in [-0.05, 0) is 0 Å². The zero-order chi connectivity index (χ0) is 10.6. The summed E-state index contributed by atoms with van der Waals surface area (Å²) in [6.07, 6.45) is 0. The van der Waals surface area contributed by atoms with Gasteiger partial charge < -0.3 is 24.8 Å². The van der Waals surface area contributed by atoms with Crippen LogP contribution in [0.2, 0.25) is 0 Å². The van der Waals surface area contributed by atoms with Gasteiger partial charge >= 0.3 is 21.7 Å². The maximum Gasteiger partial charge on any atom is 4.00 e. The largest absolute Gasteiger partial charge is 4.00 e. The van der Waals surface area contributed by atoms with E-state index in [1.165, 1.54) is 22.0 Å². The quantitative estimate of drug-likeness (QED) is 0.395. The van der Waals surface area contributed by atoms with Crippen LogP contribution in [0.15, 0.2) is 24.0 Å². The normalized spacial score (nSPS) is 8.24. The van der Waals surface area contributed by atoms with E-state index in [9.17, 15) is 0 Å². The van der Waals surface area contributed by atoms with Gasteiger partial charge in [-0.3, -0.25) is 0 Å². The summed E-state index contributed by atoms with van der Waals surface area (Å²) in [6, 6.07) is 9.61. The second-order valence-corrected chi connectivity index (χ2v) is 5.01. The van der Waals surface area contributed by atoms with Crippen molar-refractivity contribution in [2.75, 3.05) is 0 Å². The van der Waals surface area contributed by atoms with Crippen molar-refractivity contribution in [1.82, 2.24) is 0 Å². The molecule has 0 amide bonds. The van der Waals surface area contributed by atoms with Crippen molar-refractivity contribution >= 4 is 8.19 Å². The van der Waals surface area contributed by atoms with Gasteiger partial charge in [-0.15, -0.1) is 5.30 Å². The Kier molecular flexibility index (Phi) is 15.3. The molecule has 2 aromatic rings. The number of hydrogen-bond donors (Lipinski definition) is 0. The van der Waals surface area contributed by atoms with E-state index in [0.29, 0.717) is 0 Å². The Morgan fingerprint density at radius 2 is 1.71 bits per heavy atom. The van der Waals surface area contributed by atoms with E-state index < -0.39 is 0 Å². The van der Waals surface area contributed by atoms with Crippen LogP contribution in [-0.2, 0) is 21.7 Å². The van der Waals surface area contributed by atoms with Crippen LogP contribution in [0.4, 0.5) is 0 Å². The molecule has 0 saturated heterocycles. The molecule has 0 N–H and O–H groups in total. The second-order valence-electron chi connectivity index (χ2n) is 3.69. The Morgan fingerprint density at radius 3 is 1.82 bits per heavy atom.